The van der Waals surface area contributed by atoms with E-state index in [-0.39, 0.29) is 17.5 Å². The molecule has 1 saturated heterocycles. The first-order valence-electron chi connectivity index (χ1n) is 8.45. The van der Waals surface area contributed by atoms with Crippen LogP contribution >= 0.6 is 11.8 Å². The van der Waals surface area contributed by atoms with Gasteiger partial charge >= 0.3 is 5.69 Å². The summed E-state index contributed by atoms with van der Waals surface area (Å²) in [7, 11) is 2.72. The van der Waals surface area contributed by atoms with Gasteiger partial charge in [-0.15, -0.1) is 5.10 Å². The summed E-state index contributed by atoms with van der Waals surface area (Å²) in [5, 5.41) is 11.3. The Balaban J connectivity index is 1.83. The van der Waals surface area contributed by atoms with Crippen LogP contribution in [-0.2, 0) is 25.4 Å². The Kier molecular flexibility index (Phi) is 5.46. The van der Waals surface area contributed by atoms with Gasteiger partial charge in [-0.3, -0.25) is 18.7 Å². The molecule has 0 spiro atoms. The lowest BCUT2D eigenvalue weighted by atomic mass is 10.1. The molecule has 2 aromatic rings. The van der Waals surface area contributed by atoms with Gasteiger partial charge in [-0.25, -0.2) is 9.48 Å². The Bertz CT molecular complexity index is 974. The first-order chi connectivity index (χ1) is 12.8. The van der Waals surface area contributed by atoms with E-state index in [2.05, 4.69) is 15.5 Å². The maximum absolute atomic E-state index is 12.9. The molecule has 0 unspecified atom stereocenters. The van der Waals surface area contributed by atoms with Crippen molar-refractivity contribution in [2.24, 2.45) is 14.1 Å². The number of ether oxygens (including phenoxy) is 1. The largest absolute Gasteiger partial charge is 0.384 e. The number of thioether (sulfide) groups is 1. The molecule has 0 amide bonds. The summed E-state index contributed by atoms with van der Waals surface area (Å²) < 4.78 is 9.12. The minimum atomic E-state index is -0.716. The van der Waals surface area contributed by atoms with Gasteiger partial charge in [-0.05, 0) is 30.2 Å². The molecular weight excluding hydrogens is 374 g/mol. The molecule has 1 aliphatic heterocycles. The van der Waals surface area contributed by atoms with Gasteiger partial charge in [0.15, 0.2) is 5.78 Å². The third-order valence-electron chi connectivity index (χ3n) is 4.51. The van der Waals surface area contributed by atoms with Crippen molar-refractivity contribution in [1.29, 1.82) is 0 Å². The van der Waals surface area contributed by atoms with Gasteiger partial charge in [-0.1, -0.05) is 11.8 Å². The van der Waals surface area contributed by atoms with Crippen molar-refractivity contribution in [2.45, 2.75) is 42.8 Å². The minimum Gasteiger partial charge on any atom is -0.384 e. The molecule has 0 bridgehead atoms. The molecule has 11 nitrogen and oxygen atoms in total. The number of hydrogen-bond acceptors (Lipinski definition) is 9. The number of carbonyl (C=O) groups excluding carboxylic acids is 1. The van der Waals surface area contributed by atoms with Gasteiger partial charge in [0.05, 0.1) is 17.9 Å². The molecule has 2 N–H and O–H groups in total. The number of nitrogens with two attached hydrogens (primary N) is 1. The van der Waals surface area contributed by atoms with E-state index >= 15 is 0 Å². The second-order valence-electron chi connectivity index (χ2n) is 6.37. The molecule has 1 fully saturated rings. The Morgan fingerprint density at radius 1 is 1.37 bits per heavy atom. The van der Waals surface area contributed by atoms with Crippen molar-refractivity contribution in [3.8, 4) is 0 Å². The van der Waals surface area contributed by atoms with Gasteiger partial charge in [-0.2, -0.15) is 0 Å². The summed E-state index contributed by atoms with van der Waals surface area (Å²) in [5.74, 6) is -0.639. The molecule has 0 aliphatic carbocycles. The van der Waals surface area contributed by atoms with E-state index in [1.807, 2.05) is 0 Å². The predicted molar refractivity (Wildman–Crippen MR) is 97.8 cm³/mol. The summed E-state index contributed by atoms with van der Waals surface area (Å²) in [6.45, 7) is 2.86. The van der Waals surface area contributed by atoms with E-state index in [1.165, 1.54) is 14.1 Å². The van der Waals surface area contributed by atoms with Crippen molar-refractivity contribution in [1.82, 2.24) is 29.3 Å². The highest BCUT2D eigenvalue weighted by Gasteiger charge is 2.27. The fourth-order valence-electron chi connectivity index (χ4n) is 2.88. The fourth-order valence-corrected chi connectivity index (χ4v) is 3.74. The zero-order valence-corrected chi connectivity index (χ0v) is 16.1. The lowest BCUT2D eigenvalue weighted by Gasteiger charge is -2.15. The topological polar surface area (TPSA) is 140 Å². The number of nitrogens with zero attached hydrogens (tertiary/aromatic N) is 6. The third-order valence-corrected chi connectivity index (χ3v) is 5.58. The number of rotatable bonds is 6. The van der Waals surface area contributed by atoms with Crippen LogP contribution in [-0.4, -0.2) is 53.1 Å². The summed E-state index contributed by atoms with van der Waals surface area (Å²) in [4.78, 5) is 37.1. The van der Waals surface area contributed by atoms with Gasteiger partial charge in [0.1, 0.15) is 11.4 Å². The average molecular weight is 395 g/mol. The highest BCUT2D eigenvalue weighted by molar-refractivity contribution is 8.00. The maximum Gasteiger partial charge on any atom is 0.332 e. The molecule has 27 heavy (non-hydrogen) atoms. The first kappa shape index (κ1) is 19.3. The first-order valence-corrected chi connectivity index (χ1v) is 9.33. The zero-order valence-electron chi connectivity index (χ0n) is 15.3. The Morgan fingerprint density at radius 3 is 2.78 bits per heavy atom. The van der Waals surface area contributed by atoms with E-state index in [0.717, 1.165) is 40.3 Å². The van der Waals surface area contributed by atoms with Crippen LogP contribution in [0.5, 0.6) is 0 Å². The van der Waals surface area contributed by atoms with Gasteiger partial charge < -0.3 is 10.5 Å². The number of carbonyl (C=O) groups is 1. The van der Waals surface area contributed by atoms with Crippen molar-refractivity contribution < 1.29 is 9.53 Å². The van der Waals surface area contributed by atoms with Crippen molar-refractivity contribution in [3.05, 3.63) is 26.4 Å². The van der Waals surface area contributed by atoms with E-state index < -0.39 is 22.3 Å². The number of hydrogen-bond donors (Lipinski definition) is 1. The number of tetrazole rings is 1. The normalized spacial score (nSPS) is 18.0. The van der Waals surface area contributed by atoms with Gasteiger partial charge in [0.25, 0.3) is 5.56 Å². The highest BCUT2D eigenvalue weighted by Crippen LogP contribution is 2.25. The number of nitrogen functional groups attached to an aromatic ring is 1. The molecule has 146 valence electrons. The number of Topliss-reactive ketones (excluding diaryl/α,β-unsaturated/α-hetero) is 1. The molecule has 0 aromatic carbocycles. The van der Waals surface area contributed by atoms with Crippen LogP contribution in [0.15, 0.2) is 14.7 Å². The average Bonchev–Trinajstić information content (AvgIpc) is 3.31. The van der Waals surface area contributed by atoms with Crippen LogP contribution in [0.4, 0.5) is 5.82 Å². The van der Waals surface area contributed by atoms with Gasteiger partial charge in [0, 0.05) is 20.7 Å². The summed E-state index contributed by atoms with van der Waals surface area (Å²) >= 11 is 1.13. The number of ketones is 1. The quantitative estimate of drug-likeness (QED) is 0.491. The fraction of sp³-hybridized carbons (Fsp3) is 0.600. The van der Waals surface area contributed by atoms with Crippen LogP contribution in [0.2, 0.25) is 0 Å². The number of aromatic nitrogens is 6. The van der Waals surface area contributed by atoms with Crippen LogP contribution in [0.25, 0.3) is 0 Å². The minimum absolute atomic E-state index is 0.0467. The van der Waals surface area contributed by atoms with Crippen molar-refractivity contribution >= 4 is 23.4 Å². The predicted octanol–water partition coefficient (Wildman–Crippen LogP) is -0.805. The third kappa shape index (κ3) is 3.67. The van der Waals surface area contributed by atoms with E-state index in [0.29, 0.717) is 11.7 Å². The summed E-state index contributed by atoms with van der Waals surface area (Å²) in [6, 6.07) is 0. The van der Waals surface area contributed by atoms with Crippen molar-refractivity contribution in [3.63, 3.8) is 0 Å². The summed E-state index contributed by atoms with van der Waals surface area (Å²) in [5.41, 5.74) is 4.35. The molecule has 3 rings (SSSR count). The van der Waals surface area contributed by atoms with Crippen LogP contribution < -0.4 is 17.0 Å². The SMILES string of the molecule is C[C@@H](Sc1nnnn1C[C@@H]1CCCO1)C(=O)c1c(N)n(C)c(=O)n(C)c1=O. The lowest BCUT2D eigenvalue weighted by Crippen LogP contribution is -2.42. The Morgan fingerprint density at radius 2 is 2.11 bits per heavy atom. The summed E-state index contributed by atoms with van der Waals surface area (Å²) in [6.07, 6.45) is 1.98. The Labute approximate surface area is 158 Å². The molecule has 2 aromatic heterocycles. The molecule has 2 atom stereocenters. The number of anilines is 1. The highest BCUT2D eigenvalue weighted by atomic mass is 32.2. The Hall–Kier alpha value is -2.47. The smallest absolute Gasteiger partial charge is 0.332 e. The molecule has 1 aliphatic rings. The molecule has 0 radical (unpaired) electrons. The van der Waals surface area contributed by atoms with Crippen molar-refractivity contribution in [2.75, 3.05) is 12.3 Å². The van der Waals surface area contributed by atoms with Crippen LogP contribution in [0.3, 0.4) is 0 Å². The van der Waals surface area contributed by atoms with E-state index in [9.17, 15) is 14.4 Å². The van der Waals surface area contributed by atoms with Crippen LogP contribution in [0, 0.1) is 0 Å². The lowest BCUT2D eigenvalue weighted by molar-refractivity contribution is 0.0911. The second kappa shape index (κ2) is 7.64. The van der Waals surface area contributed by atoms with E-state index in [1.54, 1.807) is 11.6 Å². The standard InChI is InChI=1S/C15H21N7O4S/c1-8(11(23)10-12(16)20(2)15(25)21(3)13(10)24)27-14-17-18-19-22(14)7-9-5-4-6-26-9/h8-9H,4-7,16H2,1-3H3/t8-,9+/m1/s1. The monoisotopic (exact) mass is 395 g/mol. The molecule has 3 heterocycles. The van der Waals surface area contributed by atoms with Crippen LogP contribution in [0.1, 0.15) is 30.1 Å². The molecular formula is C15H21N7O4S. The molecule has 0 saturated carbocycles. The zero-order chi connectivity index (χ0) is 19.7. The second-order valence-corrected chi connectivity index (χ2v) is 7.68. The maximum atomic E-state index is 12.9. The molecule has 12 heteroatoms. The van der Waals surface area contributed by atoms with E-state index in [4.69, 9.17) is 10.5 Å². The van der Waals surface area contributed by atoms with Gasteiger partial charge in [0.2, 0.25) is 5.16 Å².